The lowest BCUT2D eigenvalue weighted by atomic mass is 10.2. The molecule has 1 aromatic rings. The highest BCUT2D eigenvalue weighted by Crippen LogP contribution is 2.18. The van der Waals surface area contributed by atoms with Crippen molar-refractivity contribution in [2.45, 2.75) is 20.8 Å². The molecule has 70 valence electrons. The predicted molar refractivity (Wildman–Crippen MR) is 59.0 cm³/mol. The van der Waals surface area contributed by atoms with Crippen molar-refractivity contribution in [3.63, 3.8) is 0 Å². The van der Waals surface area contributed by atoms with E-state index in [0.29, 0.717) is 0 Å². The van der Waals surface area contributed by atoms with Crippen LogP contribution in [0.4, 0.5) is 5.69 Å². The SMILES string of the molecule is CC(C)=CN(C)c1ccccc1C. The molecule has 0 fully saturated rings. The van der Waals surface area contributed by atoms with Gasteiger partial charge in [-0.2, -0.15) is 0 Å². The highest BCUT2D eigenvalue weighted by Gasteiger charge is 1.99. The Bertz CT molecular complexity index is 309. The van der Waals surface area contributed by atoms with Gasteiger partial charge < -0.3 is 4.90 Å². The van der Waals surface area contributed by atoms with E-state index >= 15 is 0 Å². The number of allylic oxidation sites excluding steroid dienone is 1. The number of hydrogen-bond donors (Lipinski definition) is 0. The van der Waals surface area contributed by atoms with E-state index in [0.717, 1.165) is 0 Å². The Morgan fingerprint density at radius 3 is 2.38 bits per heavy atom. The summed E-state index contributed by atoms with van der Waals surface area (Å²) in [5.41, 5.74) is 3.89. The average molecular weight is 175 g/mol. The molecule has 0 saturated heterocycles. The van der Waals surface area contributed by atoms with Crippen LogP contribution in [0.5, 0.6) is 0 Å². The summed E-state index contributed by atoms with van der Waals surface area (Å²) in [4.78, 5) is 2.16. The van der Waals surface area contributed by atoms with Crippen molar-refractivity contribution in [1.82, 2.24) is 0 Å². The van der Waals surface area contributed by atoms with Gasteiger partial charge in [-0.1, -0.05) is 23.8 Å². The molecule has 1 aromatic carbocycles. The highest BCUT2D eigenvalue weighted by molar-refractivity contribution is 5.54. The molecule has 0 aliphatic carbocycles. The summed E-state index contributed by atoms with van der Waals surface area (Å²) < 4.78 is 0. The third-order valence-electron chi connectivity index (χ3n) is 1.95. The van der Waals surface area contributed by atoms with Crippen molar-refractivity contribution in [2.24, 2.45) is 0 Å². The molecule has 1 rings (SSSR count). The topological polar surface area (TPSA) is 3.24 Å². The Morgan fingerprint density at radius 1 is 1.23 bits per heavy atom. The Hall–Kier alpha value is -1.24. The van der Waals surface area contributed by atoms with Crippen molar-refractivity contribution in [3.8, 4) is 0 Å². The van der Waals surface area contributed by atoms with Crippen molar-refractivity contribution in [2.75, 3.05) is 11.9 Å². The van der Waals surface area contributed by atoms with Gasteiger partial charge in [-0.3, -0.25) is 0 Å². The molecule has 0 aliphatic rings. The van der Waals surface area contributed by atoms with Crippen LogP contribution in [0.15, 0.2) is 36.0 Å². The number of anilines is 1. The second-order valence-corrected chi connectivity index (χ2v) is 3.60. The first-order valence-electron chi connectivity index (χ1n) is 4.55. The standard InChI is InChI=1S/C12H17N/c1-10(2)9-13(4)12-8-6-5-7-11(12)3/h5-9H,1-4H3. The van der Waals surface area contributed by atoms with E-state index in [1.807, 2.05) is 0 Å². The van der Waals surface area contributed by atoms with Crippen LogP contribution in [0.1, 0.15) is 19.4 Å². The molecule has 0 amide bonds. The maximum Gasteiger partial charge on any atom is 0.0433 e. The monoisotopic (exact) mass is 175 g/mol. The molecular weight excluding hydrogens is 158 g/mol. The van der Waals surface area contributed by atoms with Crippen LogP contribution in [0.25, 0.3) is 0 Å². The molecule has 0 aliphatic heterocycles. The Kier molecular flexibility index (Phi) is 3.13. The molecule has 0 unspecified atom stereocenters. The van der Waals surface area contributed by atoms with Crippen LogP contribution in [0.3, 0.4) is 0 Å². The smallest absolute Gasteiger partial charge is 0.0433 e. The highest BCUT2D eigenvalue weighted by atomic mass is 15.1. The van der Waals surface area contributed by atoms with Gasteiger partial charge in [0.1, 0.15) is 0 Å². The first-order chi connectivity index (χ1) is 6.11. The van der Waals surface area contributed by atoms with E-state index < -0.39 is 0 Å². The summed E-state index contributed by atoms with van der Waals surface area (Å²) in [5, 5.41) is 0. The lowest BCUT2D eigenvalue weighted by Gasteiger charge is -2.17. The third kappa shape index (κ3) is 2.62. The van der Waals surface area contributed by atoms with Gasteiger partial charge in [-0.25, -0.2) is 0 Å². The summed E-state index contributed by atoms with van der Waals surface area (Å²) in [6.07, 6.45) is 2.14. The Labute approximate surface area is 80.7 Å². The molecule has 0 spiro atoms. The number of benzene rings is 1. The zero-order chi connectivity index (χ0) is 9.84. The minimum atomic E-state index is 1.27. The quantitative estimate of drug-likeness (QED) is 0.666. The minimum Gasteiger partial charge on any atom is -0.351 e. The van der Waals surface area contributed by atoms with Crippen molar-refractivity contribution < 1.29 is 0 Å². The molecule has 0 aromatic heterocycles. The molecule has 0 radical (unpaired) electrons. The molecule has 1 heteroatoms. The van der Waals surface area contributed by atoms with Crippen LogP contribution in [-0.2, 0) is 0 Å². The van der Waals surface area contributed by atoms with Gasteiger partial charge in [0.05, 0.1) is 0 Å². The molecule has 1 nitrogen and oxygen atoms in total. The number of aryl methyl sites for hydroxylation is 1. The van der Waals surface area contributed by atoms with E-state index in [1.54, 1.807) is 0 Å². The number of rotatable bonds is 2. The lowest BCUT2D eigenvalue weighted by Crippen LogP contribution is -2.09. The second kappa shape index (κ2) is 4.13. The summed E-state index contributed by atoms with van der Waals surface area (Å²) >= 11 is 0. The van der Waals surface area contributed by atoms with Crippen LogP contribution in [0.2, 0.25) is 0 Å². The summed E-state index contributed by atoms with van der Waals surface area (Å²) in [6.45, 7) is 6.34. The first-order valence-corrected chi connectivity index (χ1v) is 4.55. The van der Waals surface area contributed by atoms with Gasteiger partial charge in [-0.15, -0.1) is 0 Å². The minimum absolute atomic E-state index is 1.27. The third-order valence-corrected chi connectivity index (χ3v) is 1.95. The molecule has 13 heavy (non-hydrogen) atoms. The fraction of sp³-hybridized carbons (Fsp3) is 0.333. The average Bonchev–Trinajstić information content (AvgIpc) is 2.03. The van der Waals surface area contributed by atoms with E-state index in [2.05, 4.69) is 63.2 Å². The molecular formula is C12H17N. The zero-order valence-electron chi connectivity index (χ0n) is 8.83. The number of nitrogens with zero attached hydrogens (tertiary/aromatic N) is 1. The second-order valence-electron chi connectivity index (χ2n) is 3.60. The van der Waals surface area contributed by atoms with Crippen LogP contribution >= 0.6 is 0 Å². The van der Waals surface area contributed by atoms with E-state index in [9.17, 15) is 0 Å². The molecule has 0 bridgehead atoms. The van der Waals surface area contributed by atoms with Gasteiger partial charge in [0.15, 0.2) is 0 Å². The van der Waals surface area contributed by atoms with E-state index in [1.165, 1.54) is 16.8 Å². The molecule has 0 heterocycles. The Morgan fingerprint density at radius 2 is 1.85 bits per heavy atom. The van der Waals surface area contributed by atoms with Gasteiger partial charge in [0.25, 0.3) is 0 Å². The summed E-state index contributed by atoms with van der Waals surface area (Å²) in [5.74, 6) is 0. The largest absolute Gasteiger partial charge is 0.351 e. The fourth-order valence-electron chi connectivity index (χ4n) is 1.42. The van der Waals surface area contributed by atoms with Crippen molar-refractivity contribution in [1.29, 1.82) is 0 Å². The van der Waals surface area contributed by atoms with Crippen molar-refractivity contribution in [3.05, 3.63) is 41.6 Å². The van der Waals surface area contributed by atoms with Crippen molar-refractivity contribution >= 4 is 5.69 Å². The van der Waals surface area contributed by atoms with Gasteiger partial charge in [0, 0.05) is 18.9 Å². The number of hydrogen-bond acceptors (Lipinski definition) is 1. The summed E-state index contributed by atoms with van der Waals surface area (Å²) in [6, 6.07) is 8.40. The zero-order valence-corrected chi connectivity index (χ0v) is 8.83. The van der Waals surface area contributed by atoms with Gasteiger partial charge in [0.2, 0.25) is 0 Å². The Balaban J connectivity index is 2.95. The molecule has 0 atom stereocenters. The fourth-order valence-corrected chi connectivity index (χ4v) is 1.42. The maximum atomic E-state index is 2.16. The van der Waals surface area contributed by atoms with E-state index in [4.69, 9.17) is 0 Å². The normalized spacial score (nSPS) is 9.54. The van der Waals surface area contributed by atoms with Crippen LogP contribution in [0, 0.1) is 6.92 Å². The van der Waals surface area contributed by atoms with Crippen LogP contribution in [-0.4, -0.2) is 7.05 Å². The predicted octanol–water partition coefficient (Wildman–Crippen LogP) is 3.35. The summed E-state index contributed by atoms with van der Waals surface area (Å²) in [7, 11) is 2.08. The lowest BCUT2D eigenvalue weighted by molar-refractivity contribution is 1.15. The van der Waals surface area contributed by atoms with Crippen LogP contribution < -0.4 is 4.90 Å². The van der Waals surface area contributed by atoms with Gasteiger partial charge >= 0.3 is 0 Å². The first kappa shape index (κ1) is 9.85. The molecule has 0 N–H and O–H groups in total. The number of para-hydroxylation sites is 1. The molecule has 0 saturated carbocycles. The van der Waals surface area contributed by atoms with Gasteiger partial charge in [-0.05, 0) is 32.4 Å². The van der Waals surface area contributed by atoms with E-state index in [-0.39, 0.29) is 0 Å². The maximum absolute atomic E-state index is 2.16.